The van der Waals surface area contributed by atoms with E-state index in [1.807, 2.05) is 23.1 Å². The molecule has 2 fully saturated rings. The van der Waals surface area contributed by atoms with E-state index in [1.165, 1.54) is 5.56 Å². The van der Waals surface area contributed by atoms with Crippen LogP contribution >= 0.6 is 0 Å². The van der Waals surface area contributed by atoms with Crippen molar-refractivity contribution in [2.75, 3.05) is 26.7 Å². The van der Waals surface area contributed by atoms with Gasteiger partial charge in [-0.05, 0) is 86.5 Å². The predicted molar refractivity (Wildman–Crippen MR) is 116 cm³/mol. The number of carbonyl (C=O) groups excluding carboxylic acids is 1. The number of likely N-dealkylation sites (tertiary alicyclic amines) is 2. The Morgan fingerprint density at radius 1 is 1.03 bits per heavy atom. The highest BCUT2D eigenvalue weighted by molar-refractivity contribution is 5.82. The topological polar surface area (TPSA) is 32.8 Å². The van der Waals surface area contributed by atoms with Crippen molar-refractivity contribution < 1.29 is 13.9 Å². The molecule has 2 saturated heterocycles. The summed E-state index contributed by atoms with van der Waals surface area (Å²) in [5.41, 5.74) is 2.86. The van der Waals surface area contributed by atoms with E-state index in [2.05, 4.69) is 17.0 Å². The Bertz CT molecular complexity index is 875. The van der Waals surface area contributed by atoms with E-state index in [0.717, 1.165) is 56.6 Å². The number of ether oxygens (including phenoxy) is 1. The first-order valence-corrected chi connectivity index (χ1v) is 11.0. The Balaban J connectivity index is 1.36. The smallest absolute Gasteiger partial charge is 0.240 e. The van der Waals surface area contributed by atoms with E-state index in [4.69, 9.17) is 4.74 Å². The number of aryl methyl sites for hydroxylation is 1. The van der Waals surface area contributed by atoms with E-state index in [-0.39, 0.29) is 17.8 Å². The monoisotopic (exact) mass is 410 g/mol. The zero-order valence-corrected chi connectivity index (χ0v) is 17.9. The standard InChI is InChI=1S/C25H31FN2O2/c1-18-5-6-19(16-23(18)26)17-28-13-3-4-24(25(28)29)27-14-11-21(12-15-27)20-7-9-22(30-2)10-8-20/h5-10,16,21,24H,3-4,11-15,17H2,1-2H3. The minimum atomic E-state index is -0.200. The summed E-state index contributed by atoms with van der Waals surface area (Å²) in [4.78, 5) is 17.5. The summed E-state index contributed by atoms with van der Waals surface area (Å²) in [6.45, 7) is 4.90. The second-order valence-electron chi connectivity index (χ2n) is 8.58. The molecular formula is C25H31FN2O2. The molecule has 1 atom stereocenters. The molecule has 0 saturated carbocycles. The lowest BCUT2D eigenvalue weighted by Crippen LogP contribution is -2.53. The molecule has 0 aromatic heterocycles. The van der Waals surface area contributed by atoms with Crippen LogP contribution in [0, 0.1) is 12.7 Å². The van der Waals surface area contributed by atoms with Crippen LogP contribution in [0.2, 0.25) is 0 Å². The molecule has 0 bridgehead atoms. The number of methoxy groups -OCH3 is 1. The van der Waals surface area contributed by atoms with Gasteiger partial charge in [-0.15, -0.1) is 0 Å². The van der Waals surface area contributed by atoms with Crippen LogP contribution in [0.4, 0.5) is 4.39 Å². The number of nitrogens with zero attached hydrogens (tertiary/aromatic N) is 2. The van der Waals surface area contributed by atoms with Gasteiger partial charge in [-0.1, -0.05) is 24.3 Å². The third-order valence-electron chi connectivity index (χ3n) is 6.67. The second-order valence-corrected chi connectivity index (χ2v) is 8.58. The lowest BCUT2D eigenvalue weighted by atomic mass is 9.88. The number of carbonyl (C=O) groups is 1. The Kier molecular flexibility index (Phi) is 6.38. The summed E-state index contributed by atoms with van der Waals surface area (Å²) in [7, 11) is 1.69. The third-order valence-corrected chi connectivity index (χ3v) is 6.67. The number of amides is 1. The summed E-state index contributed by atoms with van der Waals surface area (Å²) in [5, 5.41) is 0. The van der Waals surface area contributed by atoms with Crippen LogP contribution in [0.1, 0.15) is 48.3 Å². The predicted octanol–water partition coefficient (Wildman–Crippen LogP) is 4.51. The molecule has 0 N–H and O–H groups in total. The van der Waals surface area contributed by atoms with Crippen molar-refractivity contribution in [2.24, 2.45) is 0 Å². The van der Waals surface area contributed by atoms with Crippen molar-refractivity contribution in [3.63, 3.8) is 0 Å². The Morgan fingerprint density at radius 2 is 1.77 bits per heavy atom. The maximum absolute atomic E-state index is 13.9. The fraction of sp³-hybridized carbons (Fsp3) is 0.480. The van der Waals surface area contributed by atoms with Crippen LogP contribution in [-0.4, -0.2) is 48.5 Å². The molecule has 5 heteroatoms. The third kappa shape index (κ3) is 4.51. The van der Waals surface area contributed by atoms with E-state index < -0.39 is 0 Å². The number of piperidine rings is 2. The van der Waals surface area contributed by atoms with E-state index in [9.17, 15) is 9.18 Å². The maximum Gasteiger partial charge on any atom is 0.240 e. The van der Waals surface area contributed by atoms with Gasteiger partial charge in [-0.3, -0.25) is 9.69 Å². The van der Waals surface area contributed by atoms with Crippen molar-refractivity contribution in [1.29, 1.82) is 0 Å². The lowest BCUT2D eigenvalue weighted by molar-refractivity contribution is -0.141. The molecule has 4 rings (SSSR count). The molecule has 0 spiro atoms. The molecule has 2 heterocycles. The first-order chi connectivity index (χ1) is 14.5. The molecular weight excluding hydrogens is 379 g/mol. The number of benzene rings is 2. The average Bonchev–Trinajstić information content (AvgIpc) is 2.78. The molecule has 2 aromatic rings. The Hall–Kier alpha value is -2.40. The van der Waals surface area contributed by atoms with Gasteiger partial charge < -0.3 is 9.64 Å². The molecule has 2 aromatic carbocycles. The molecule has 1 amide bonds. The van der Waals surface area contributed by atoms with Gasteiger partial charge in [-0.2, -0.15) is 0 Å². The van der Waals surface area contributed by atoms with Gasteiger partial charge >= 0.3 is 0 Å². The first-order valence-electron chi connectivity index (χ1n) is 11.0. The van der Waals surface area contributed by atoms with E-state index in [0.29, 0.717) is 18.0 Å². The van der Waals surface area contributed by atoms with Crippen LogP contribution in [-0.2, 0) is 11.3 Å². The summed E-state index contributed by atoms with van der Waals surface area (Å²) in [5.74, 6) is 1.43. The van der Waals surface area contributed by atoms with Gasteiger partial charge in [0.1, 0.15) is 11.6 Å². The number of rotatable bonds is 5. The van der Waals surface area contributed by atoms with Crippen molar-refractivity contribution in [3.8, 4) is 5.75 Å². The number of hydrogen-bond acceptors (Lipinski definition) is 3. The van der Waals surface area contributed by atoms with Gasteiger partial charge in [-0.25, -0.2) is 4.39 Å². The largest absolute Gasteiger partial charge is 0.497 e. The highest BCUT2D eigenvalue weighted by Crippen LogP contribution is 2.31. The highest BCUT2D eigenvalue weighted by atomic mass is 19.1. The molecule has 4 nitrogen and oxygen atoms in total. The lowest BCUT2D eigenvalue weighted by Gasteiger charge is -2.41. The van der Waals surface area contributed by atoms with Crippen LogP contribution in [0.25, 0.3) is 0 Å². The average molecular weight is 411 g/mol. The number of halogens is 1. The van der Waals surface area contributed by atoms with Crippen LogP contribution in [0.3, 0.4) is 0 Å². The van der Waals surface area contributed by atoms with Crippen molar-refractivity contribution >= 4 is 5.91 Å². The van der Waals surface area contributed by atoms with E-state index >= 15 is 0 Å². The Morgan fingerprint density at radius 3 is 2.43 bits per heavy atom. The van der Waals surface area contributed by atoms with Crippen molar-refractivity contribution in [1.82, 2.24) is 9.80 Å². The Labute approximate surface area is 178 Å². The van der Waals surface area contributed by atoms with Gasteiger partial charge in [0.15, 0.2) is 0 Å². The minimum Gasteiger partial charge on any atom is -0.497 e. The zero-order chi connectivity index (χ0) is 21.1. The minimum absolute atomic E-state index is 0.0362. The van der Waals surface area contributed by atoms with Crippen molar-refractivity contribution in [3.05, 3.63) is 65.0 Å². The van der Waals surface area contributed by atoms with Gasteiger partial charge in [0.2, 0.25) is 5.91 Å². The van der Waals surface area contributed by atoms with Crippen LogP contribution in [0.15, 0.2) is 42.5 Å². The molecule has 0 radical (unpaired) electrons. The molecule has 2 aliphatic heterocycles. The van der Waals surface area contributed by atoms with Crippen LogP contribution in [0.5, 0.6) is 5.75 Å². The highest BCUT2D eigenvalue weighted by Gasteiger charge is 2.35. The normalized spacial score (nSPS) is 21.1. The second kappa shape index (κ2) is 9.17. The van der Waals surface area contributed by atoms with Gasteiger partial charge in [0, 0.05) is 13.1 Å². The quantitative estimate of drug-likeness (QED) is 0.727. The molecule has 160 valence electrons. The maximum atomic E-state index is 13.9. The summed E-state index contributed by atoms with van der Waals surface area (Å²) < 4.78 is 19.2. The summed E-state index contributed by atoms with van der Waals surface area (Å²) in [6, 6.07) is 13.6. The van der Waals surface area contributed by atoms with E-state index in [1.54, 1.807) is 26.2 Å². The fourth-order valence-electron chi connectivity index (χ4n) is 4.79. The zero-order valence-electron chi connectivity index (χ0n) is 17.9. The molecule has 1 unspecified atom stereocenters. The molecule has 0 aliphatic carbocycles. The van der Waals surface area contributed by atoms with Crippen LogP contribution < -0.4 is 4.74 Å². The van der Waals surface area contributed by atoms with Crippen molar-refractivity contribution in [2.45, 2.75) is 51.1 Å². The summed E-state index contributed by atoms with van der Waals surface area (Å²) >= 11 is 0. The first kappa shape index (κ1) is 20.9. The fourth-order valence-corrected chi connectivity index (χ4v) is 4.79. The van der Waals surface area contributed by atoms with Gasteiger partial charge in [0.05, 0.1) is 13.2 Å². The SMILES string of the molecule is COc1ccc(C2CCN(C3CCCN(Cc4ccc(C)c(F)c4)C3=O)CC2)cc1. The number of hydrogen-bond donors (Lipinski definition) is 0. The summed E-state index contributed by atoms with van der Waals surface area (Å²) in [6.07, 6.45) is 4.06. The van der Waals surface area contributed by atoms with Gasteiger partial charge in [0.25, 0.3) is 0 Å². The molecule has 2 aliphatic rings. The molecule has 30 heavy (non-hydrogen) atoms.